The van der Waals surface area contributed by atoms with Crippen molar-refractivity contribution in [2.24, 2.45) is 5.41 Å². The van der Waals surface area contributed by atoms with Crippen LogP contribution in [0.25, 0.3) is 0 Å². The summed E-state index contributed by atoms with van der Waals surface area (Å²) in [5, 5.41) is 32.6. The Hall–Kier alpha value is -2.94. The van der Waals surface area contributed by atoms with E-state index in [-0.39, 0.29) is 22.3 Å². The Morgan fingerprint density at radius 1 is 1.00 bits per heavy atom. The summed E-state index contributed by atoms with van der Waals surface area (Å²) in [5.41, 5.74) is 2.01. The molecule has 0 radical (unpaired) electrons. The number of allylic oxidation sites excluding steroid dienone is 8. The van der Waals surface area contributed by atoms with Crippen molar-refractivity contribution in [3.8, 4) is 5.75 Å². The van der Waals surface area contributed by atoms with Gasteiger partial charge < -0.3 is 15.3 Å². The Bertz CT molecular complexity index is 957. The maximum Gasteiger partial charge on any atom is 0.122 e. The molecule has 3 nitrogen and oxygen atoms in total. The molecule has 0 saturated heterocycles. The number of hydrogen-bond acceptors (Lipinski definition) is 3. The van der Waals surface area contributed by atoms with Crippen LogP contribution in [0.5, 0.6) is 5.75 Å². The highest BCUT2D eigenvalue weighted by molar-refractivity contribution is 5.47. The Morgan fingerprint density at radius 2 is 1.69 bits per heavy atom. The number of aliphatic hydroxyl groups is 2. The van der Waals surface area contributed by atoms with E-state index in [4.69, 9.17) is 0 Å². The molecule has 1 unspecified atom stereocenters. The van der Waals surface area contributed by atoms with Gasteiger partial charge in [0.05, 0.1) is 0 Å². The van der Waals surface area contributed by atoms with Crippen molar-refractivity contribution in [1.82, 2.24) is 0 Å². The summed E-state index contributed by atoms with van der Waals surface area (Å²) in [5.74, 6) is 0.777. The Morgan fingerprint density at radius 3 is 2.20 bits per heavy atom. The van der Waals surface area contributed by atoms with Gasteiger partial charge in [-0.1, -0.05) is 89.8 Å². The van der Waals surface area contributed by atoms with Crippen LogP contribution < -0.4 is 0 Å². The van der Waals surface area contributed by atoms with Crippen molar-refractivity contribution >= 4 is 0 Å². The number of hydrogen-bond donors (Lipinski definition) is 3. The topological polar surface area (TPSA) is 60.7 Å². The summed E-state index contributed by atoms with van der Waals surface area (Å²) in [4.78, 5) is 0. The normalized spacial score (nSPS) is 15.3. The minimum atomic E-state index is -0.339. The third-order valence-corrected chi connectivity index (χ3v) is 7.49. The predicted molar refractivity (Wildman–Crippen MR) is 151 cm³/mol. The van der Waals surface area contributed by atoms with Crippen LogP contribution in [0.3, 0.4) is 0 Å². The SMILES string of the molecule is C=C/C=C\C(O)=C\CC(CC)(CCC)c1cccc(CC(CC)(CC)C(=C/C=C)/C(O)=C\C)c1O. The van der Waals surface area contributed by atoms with Crippen LogP contribution in [0.2, 0.25) is 0 Å². The molecule has 0 bridgehead atoms. The molecular weight excluding hydrogens is 432 g/mol. The van der Waals surface area contributed by atoms with Gasteiger partial charge in [-0.15, -0.1) is 0 Å². The molecule has 35 heavy (non-hydrogen) atoms. The fourth-order valence-electron chi connectivity index (χ4n) is 5.18. The lowest BCUT2D eigenvalue weighted by atomic mass is 9.68. The van der Waals surface area contributed by atoms with Crippen molar-refractivity contribution in [1.29, 1.82) is 0 Å². The molecule has 0 aliphatic heterocycles. The van der Waals surface area contributed by atoms with Crippen LogP contribution >= 0.6 is 0 Å². The van der Waals surface area contributed by atoms with Crippen LogP contribution in [0.1, 0.15) is 84.3 Å². The number of phenolic OH excluding ortho intramolecular Hbond substituents is 1. The largest absolute Gasteiger partial charge is 0.508 e. The van der Waals surface area contributed by atoms with E-state index in [1.165, 1.54) is 0 Å². The third-order valence-electron chi connectivity index (χ3n) is 7.49. The molecule has 0 fully saturated rings. The monoisotopic (exact) mass is 478 g/mol. The lowest BCUT2D eigenvalue weighted by molar-refractivity contribution is 0.288. The van der Waals surface area contributed by atoms with E-state index in [1.54, 1.807) is 30.4 Å². The van der Waals surface area contributed by atoms with Gasteiger partial charge in [0.25, 0.3) is 0 Å². The van der Waals surface area contributed by atoms with Crippen LogP contribution in [0, 0.1) is 5.41 Å². The van der Waals surface area contributed by atoms with E-state index >= 15 is 0 Å². The Balaban J connectivity index is 3.65. The molecule has 1 aromatic rings. The molecule has 1 atom stereocenters. The van der Waals surface area contributed by atoms with Crippen LogP contribution in [-0.4, -0.2) is 15.3 Å². The van der Waals surface area contributed by atoms with Gasteiger partial charge >= 0.3 is 0 Å². The van der Waals surface area contributed by atoms with E-state index in [2.05, 4.69) is 40.9 Å². The zero-order valence-corrected chi connectivity index (χ0v) is 22.5. The van der Waals surface area contributed by atoms with E-state index in [0.717, 1.165) is 48.8 Å². The zero-order valence-electron chi connectivity index (χ0n) is 22.5. The van der Waals surface area contributed by atoms with Crippen molar-refractivity contribution in [3.63, 3.8) is 0 Å². The summed E-state index contributed by atoms with van der Waals surface area (Å²) in [6.45, 7) is 17.9. The van der Waals surface area contributed by atoms with Crippen molar-refractivity contribution < 1.29 is 15.3 Å². The fourth-order valence-corrected chi connectivity index (χ4v) is 5.18. The number of rotatable bonds is 15. The first-order valence-electron chi connectivity index (χ1n) is 12.9. The number of aliphatic hydroxyl groups excluding tert-OH is 2. The van der Waals surface area contributed by atoms with Gasteiger partial charge in [-0.05, 0) is 74.8 Å². The molecule has 192 valence electrons. The van der Waals surface area contributed by atoms with Gasteiger partial charge in [0.15, 0.2) is 0 Å². The first-order chi connectivity index (χ1) is 16.7. The number of benzene rings is 1. The summed E-state index contributed by atoms with van der Waals surface area (Å²) in [6.07, 6.45) is 17.7. The maximum absolute atomic E-state index is 11.6. The average Bonchev–Trinajstić information content (AvgIpc) is 2.88. The average molecular weight is 479 g/mol. The third kappa shape index (κ3) is 7.27. The van der Waals surface area contributed by atoms with Gasteiger partial charge in [0, 0.05) is 16.4 Å². The van der Waals surface area contributed by atoms with Gasteiger partial charge in [-0.3, -0.25) is 0 Å². The Labute approximate surface area is 213 Å². The molecule has 0 aromatic heterocycles. The Kier molecular flexibility index (Phi) is 12.4. The molecule has 0 spiro atoms. The van der Waals surface area contributed by atoms with Crippen LogP contribution in [0.4, 0.5) is 0 Å². The van der Waals surface area contributed by atoms with Crippen molar-refractivity contribution in [2.45, 2.75) is 85.0 Å². The molecule has 3 N–H and O–H groups in total. The highest BCUT2D eigenvalue weighted by Gasteiger charge is 2.36. The van der Waals surface area contributed by atoms with Crippen LogP contribution in [-0.2, 0) is 11.8 Å². The maximum atomic E-state index is 11.6. The smallest absolute Gasteiger partial charge is 0.122 e. The fraction of sp³-hybridized carbons (Fsp3) is 0.438. The number of phenols is 1. The second-order valence-corrected chi connectivity index (χ2v) is 9.28. The van der Waals surface area contributed by atoms with E-state index < -0.39 is 0 Å². The minimum absolute atomic E-state index is 0.200. The van der Waals surface area contributed by atoms with Gasteiger partial charge in [-0.2, -0.15) is 0 Å². The molecule has 1 rings (SSSR count). The zero-order chi connectivity index (χ0) is 26.5. The number of aromatic hydroxyl groups is 1. The van der Waals surface area contributed by atoms with Gasteiger partial charge in [0.1, 0.15) is 17.3 Å². The minimum Gasteiger partial charge on any atom is -0.508 e. The van der Waals surface area contributed by atoms with E-state index in [9.17, 15) is 15.3 Å². The molecule has 0 aliphatic carbocycles. The predicted octanol–water partition coefficient (Wildman–Crippen LogP) is 9.34. The summed E-state index contributed by atoms with van der Waals surface area (Å²) < 4.78 is 0. The molecule has 3 heteroatoms. The number of para-hydroxylation sites is 1. The van der Waals surface area contributed by atoms with Gasteiger partial charge in [-0.25, -0.2) is 0 Å². The van der Waals surface area contributed by atoms with Gasteiger partial charge in [0.2, 0.25) is 0 Å². The standard InChI is InChI=1S/C32H46O3/c1-8-15-19-26(33)21-23-32(14-7,22-10-3)28-20-16-18-25(30(28)35)24-31(12-5,13-6)27(17-9-2)29(34)11-4/h8-9,11,15-21,33-35H,1-2,10,12-14,22-24H2,3-7H3/b19-15-,26-21-,27-17+,29-11+. The quantitative estimate of drug-likeness (QED) is 0.174. The summed E-state index contributed by atoms with van der Waals surface area (Å²) in [6, 6.07) is 6.03. The van der Waals surface area contributed by atoms with Crippen molar-refractivity contribution in [3.05, 3.63) is 102 Å². The second-order valence-electron chi connectivity index (χ2n) is 9.28. The molecule has 0 aliphatic rings. The summed E-state index contributed by atoms with van der Waals surface area (Å²) >= 11 is 0. The van der Waals surface area contributed by atoms with E-state index in [1.807, 2.05) is 37.3 Å². The highest BCUT2D eigenvalue weighted by atomic mass is 16.3. The molecule has 0 heterocycles. The lowest BCUT2D eigenvalue weighted by Crippen LogP contribution is -2.28. The van der Waals surface area contributed by atoms with Crippen molar-refractivity contribution in [2.75, 3.05) is 0 Å². The summed E-state index contributed by atoms with van der Waals surface area (Å²) in [7, 11) is 0. The van der Waals surface area contributed by atoms with E-state index in [0.29, 0.717) is 18.6 Å². The first-order valence-corrected chi connectivity index (χ1v) is 12.9. The lowest BCUT2D eigenvalue weighted by Gasteiger charge is -2.37. The highest BCUT2D eigenvalue weighted by Crippen LogP contribution is 2.47. The molecular formula is C32H46O3. The molecule has 0 amide bonds. The molecule has 1 aromatic carbocycles. The first kappa shape index (κ1) is 30.1. The second kappa shape index (κ2) is 14.5. The molecule has 0 saturated carbocycles. The van der Waals surface area contributed by atoms with Crippen LogP contribution in [0.15, 0.2) is 91.0 Å².